The van der Waals surface area contributed by atoms with Crippen molar-refractivity contribution >= 4 is 33.2 Å². The van der Waals surface area contributed by atoms with Gasteiger partial charge in [-0.15, -0.1) is 0 Å². The molecule has 1 aromatic heterocycles. The number of hydrogen-bond acceptors (Lipinski definition) is 7. The van der Waals surface area contributed by atoms with E-state index in [1.807, 2.05) is 13.8 Å². The largest absolute Gasteiger partial charge is 0.339 e. The minimum atomic E-state index is -3.79. The minimum Gasteiger partial charge on any atom is -0.339 e. The lowest BCUT2D eigenvalue weighted by atomic mass is 10.1. The molecule has 0 radical (unpaired) electrons. The van der Waals surface area contributed by atoms with Gasteiger partial charge in [-0.2, -0.15) is 4.98 Å². The molecule has 0 saturated carbocycles. The molecule has 0 bridgehead atoms. The lowest BCUT2D eigenvalue weighted by Gasteiger charge is -2.24. The third-order valence-electron chi connectivity index (χ3n) is 6.00. The van der Waals surface area contributed by atoms with E-state index in [0.29, 0.717) is 46.3 Å². The summed E-state index contributed by atoms with van der Waals surface area (Å²) in [4.78, 5) is 32.3. The van der Waals surface area contributed by atoms with Crippen molar-refractivity contribution in [2.75, 3.05) is 16.8 Å². The molecule has 3 aromatic carbocycles. The van der Waals surface area contributed by atoms with Gasteiger partial charge in [-0.05, 0) is 62.6 Å². The number of anilines is 2. The van der Waals surface area contributed by atoms with Crippen LogP contribution in [0, 0.1) is 12.8 Å². The predicted octanol–water partition coefficient (Wildman–Crippen LogP) is 5.42. The molecule has 10 nitrogen and oxygen atoms in total. The molecule has 4 aromatic rings. The molecule has 42 heavy (non-hydrogen) atoms. The molecule has 0 aliphatic carbocycles. The second-order valence-corrected chi connectivity index (χ2v) is 13.0. The van der Waals surface area contributed by atoms with Gasteiger partial charge in [-0.3, -0.25) is 9.59 Å². The first-order valence-corrected chi connectivity index (χ1v) is 15.0. The van der Waals surface area contributed by atoms with Gasteiger partial charge in [-0.1, -0.05) is 61.5 Å². The maximum Gasteiger partial charge on any atom is 0.316 e. The van der Waals surface area contributed by atoms with Crippen molar-refractivity contribution in [2.45, 2.75) is 52.0 Å². The van der Waals surface area contributed by atoms with Gasteiger partial charge in [0.25, 0.3) is 0 Å². The molecule has 2 amide bonds. The van der Waals surface area contributed by atoms with Crippen LogP contribution in [0.3, 0.4) is 0 Å². The van der Waals surface area contributed by atoms with E-state index in [0.717, 1.165) is 0 Å². The van der Waals surface area contributed by atoms with Crippen LogP contribution in [0.15, 0.2) is 82.2 Å². The normalized spacial score (nSPS) is 11.9. The first-order valence-electron chi connectivity index (χ1n) is 13.5. The van der Waals surface area contributed by atoms with E-state index in [4.69, 9.17) is 4.52 Å². The van der Waals surface area contributed by atoms with Crippen LogP contribution < -0.4 is 14.9 Å². The summed E-state index contributed by atoms with van der Waals surface area (Å²) in [6, 6.07) is 20.4. The van der Waals surface area contributed by atoms with Gasteiger partial charge in [0.1, 0.15) is 0 Å². The molecule has 0 fully saturated rings. The van der Waals surface area contributed by atoms with Crippen LogP contribution in [-0.2, 0) is 19.6 Å². The fourth-order valence-corrected chi connectivity index (χ4v) is 5.99. The van der Waals surface area contributed by atoms with Gasteiger partial charge in [0.2, 0.25) is 21.7 Å². The molecule has 11 heteroatoms. The van der Waals surface area contributed by atoms with Gasteiger partial charge in [0.15, 0.2) is 0 Å². The average Bonchev–Trinajstić information content (AvgIpc) is 3.37. The second-order valence-electron chi connectivity index (χ2n) is 11.4. The van der Waals surface area contributed by atoms with E-state index in [9.17, 15) is 18.0 Å². The van der Waals surface area contributed by atoms with Crippen LogP contribution in [-0.4, -0.2) is 42.5 Å². The van der Waals surface area contributed by atoms with Crippen molar-refractivity contribution in [1.29, 1.82) is 0 Å². The Kier molecular flexibility index (Phi) is 8.93. The molecule has 4 rings (SSSR count). The summed E-state index contributed by atoms with van der Waals surface area (Å²) in [6.07, 6.45) is 0. The highest BCUT2D eigenvalue weighted by molar-refractivity contribution is 7.89. The Bertz CT molecular complexity index is 1690. The number of carbonyl (C=O) groups is 2. The predicted molar refractivity (Wildman–Crippen MR) is 162 cm³/mol. The Balaban J connectivity index is 1.55. The van der Waals surface area contributed by atoms with E-state index >= 15 is 0 Å². The topological polar surface area (TPSA) is 134 Å². The Labute approximate surface area is 246 Å². The van der Waals surface area contributed by atoms with E-state index in [1.165, 1.54) is 4.90 Å². The smallest absolute Gasteiger partial charge is 0.316 e. The molecule has 0 spiro atoms. The van der Waals surface area contributed by atoms with E-state index in [-0.39, 0.29) is 10.8 Å². The van der Waals surface area contributed by atoms with E-state index in [1.54, 1.807) is 100 Å². The fourth-order valence-electron chi connectivity index (χ4n) is 4.34. The third kappa shape index (κ3) is 7.48. The lowest BCUT2D eigenvalue weighted by molar-refractivity contribution is -0.134. The Hall–Kier alpha value is -4.35. The number of aryl methyl sites for hydroxylation is 1. The van der Waals surface area contributed by atoms with Crippen molar-refractivity contribution in [2.24, 2.45) is 5.92 Å². The zero-order valence-corrected chi connectivity index (χ0v) is 25.3. The number of carbonyl (C=O) groups excluding carboxylic acids is 2. The molecule has 0 atom stereocenters. The first-order chi connectivity index (χ1) is 19.7. The van der Waals surface area contributed by atoms with Crippen molar-refractivity contribution < 1.29 is 22.5 Å². The van der Waals surface area contributed by atoms with Crippen LogP contribution in [0.2, 0.25) is 0 Å². The molecule has 2 N–H and O–H groups in total. The zero-order chi connectivity index (χ0) is 30.7. The molecule has 220 valence electrons. The lowest BCUT2D eigenvalue weighted by Crippen LogP contribution is -2.41. The summed E-state index contributed by atoms with van der Waals surface area (Å²) in [6.45, 7) is 11.3. The van der Waals surface area contributed by atoms with Gasteiger partial charge in [-0.25, -0.2) is 13.1 Å². The number of hydrogen-bond donors (Lipinski definition) is 2. The minimum absolute atomic E-state index is 0.0845. The summed E-state index contributed by atoms with van der Waals surface area (Å²) >= 11 is 0. The van der Waals surface area contributed by atoms with E-state index in [2.05, 4.69) is 20.2 Å². The second kappa shape index (κ2) is 12.3. The van der Waals surface area contributed by atoms with Crippen LogP contribution in [0.5, 0.6) is 0 Å². The molecular weight excluding hydrogens is 554 g/mol. The summed E-state index contributed by atoms with van der Waals surface area (Å²) in [5, 5.41) is 6.61. The van der Waals surface area contributed by atoms with Gasteiger partial charge >= 0.3 is 11.8 Å². The zero-order valence-electron chi connectivity index (χ0n) is 24.5. The fraction of sp³-hybridized carbons (Fsp3) is 0.290. The highest BCUT2D eigenvalue weighted by Crippen LogP contribution is 2.29. The monoisotopic (exact) mass is 589 g/mol. The van der Waals surface area contributed by atoms with Crippen LogP contribution in [0.4, 0.5) is 11.4 Å². The standard InChI is InChI=1S/C31H35N5O5S/c1-20(2)19-36(25-11-9-10-23(18-25)28-32-21(3)41-34-28)30(38)29(37)33-24-16-14-22(15-17-24)26-12-7-8-13-27(26)42(39,40)35-31(4,5)6/h7-18,20,35H,19H2,1-6H3,(H,33,37). The SMILES string of the molecule is Cc1nc(-c2cccc(N(CC(C)C)C(=O)C(=O)Nc3ccc(-c4ccccc4S(=O)(=O)NC(C)(C)C)cc3)c2)no1. The Morgan fingerprint density at radius 2 is 1.64 bits per heavy atom. The van der Waals surface area contributed by atoms with Gasteiger partial charge < -0.3 is 14.7 Å². The van der Waals surface area contributed by atoms with Gasteiger partial charge in [0.05, 0.1) is 4.90 Å². The maximum absolute atomic E-state index is 13.4. The van der Waals surface area contributed by atoms with Gasteiger partial charge in [0, 0.05) is 41.5 Å². The molecule has 0 aliphatic rings. The highest BCUT2D eigenvalue weighted by atomic mass is 32.2. The van der Waals surface area contributed by atoms with Crippen LogP contribution >= 0.6 is 0 Å². The first kappa shape index (κ1) is 30.6. The molecule has 1 heterocycles. The van der Waals surface area contributed by atoms with Crippen molar-refractivity contribution in [3.63, 3.8) is 0 Å². The maximum atomic E-state index is 13.4. The quantitative estimate of drug-likeness (QED) is 0.262. The number of rotatable bonds is 8. The molecular formula is C31H35N5O5S. The van der Waals surface area contributed by atoms with E-state index < -0.39 is 27.4 Å². The Morgan fingerprint density at radius 3 is 2.26 bits per heavy atom. The number of nitrogens with zero attached hydrogens (tertiary/aromatic N) is 3. The number of benzene rings is 3. The van der Waals surface area contributed by atoms with Crippen molar-refractivity contribution in [3.05, 3.63) is 78.7 Å². The van der Waals surface area contributed by atoms with Crippen molar-refractivity contribution in [3.8, 4) is 22.5 Å². The summed E-state index contributed by atoms with van der Waals surface area (Å²) in [7, 11) is -3.79. The highest BCUT2D eigenvalue weighted by Gasteiger charge is 2.26. The molecule has 0 aliphatic heterocycles. The van der Waals surface area contributed by atoms with Crippen LogP contribution in [0.1, 0.15) is 40.5 Å². The number of aromatic nitrogens is 2. The summed E-state index contributed by atoms with van der Waals surface area (Å²) in [5.74, 6) is -0.635. The average molecular weight is 590 g/mol. The molecule has 0 saturated heterocycles. The summed E-state index contributed by atoms with van der Waals surface area (Å²) < 4.78 is 33.9. The number of nitrogens with one attached hydrogen (secondary N) is 2. The number of sulfonamides is 1. The number of amides is 2. The summed E-state index contributed by atoms with van der Waals surface area (Å²) in [5.41, 5.74) is 2.09. The third-order valence-corrected chi connectivity index (χ3v) is 7.82. The molecule has 0 unspecified atom stereocenters. The van der Waals surface area contributed by atoms with Crippen molar-refractivity contribution in [1.82, 2.24) is 14.9 Å². The van der Waals surface area contributed by atoms with Crippen LogP contribution in [0.25, 0.3) is 22.5 Å². The Morgan fingerprint density at radius 1 is 0.952 bits per heavy atom.